The standard InChI is InChI=1S/C22H33N3O4S/c26-21(24-19-10-4-3-5-11-19)13-14-23-22(27)18-9-8-12-20(17-18)30(28,29)25-15-6-1-2-7-16-25/h8-9,12,17,19H,1-7,10-11,13-16H2,(H,23,27)(H,24,26). The summed E-state index contributed by atoms with van der Waals surface area (Å²) < 4.78 is 27.4. The van der Waals surface area contributed by atoms with E-state index in [1.54, 1.807) is 12.1 Å². The van der Waals surface area contributed by atoms with Gasteiger partial charge in [-0.2, -0.15) is 4.31 Å². The molecule has 0 unspecified atom stereocenters. The zero-order valence-corrected chi connectivity index (χ0v) is 18.4. The Morgan fingerprint density at radius 2 is 1.63 bits per heavy atom. The van der Waals surface area contributed by atoms with Crippen LogP contribution >= 0.6 is 0 Å². The summed E-state index contributed by atoms with van der Waals surface area (Å²) in [6.07, 6.45) is 9.61. The van der Waals surface area contributed by atoms with Gasteiger partial charge < -0.3 is 10.6 Å². The number of benzene rings is 1. The Kier molecular flexibility index (Phi) is 8.27. The van der Waals surface area contributed by atoms with Crippen molar-refractivity contribution in [2.24, 2.45) is 0 Å². The maximum absolute atomic E-state index is 12.9. The Morgan fingerprint density at radius 1 is 0.967 bits per heavy atom. The lowest BCUT2D eigenvalue weighted by Gasteiger charge is -2.22. The Morgan fingerprint density at radius 3 is 2.33 bits per heavy atom. The average molecular weight is 436 g/mol. The molecule has 3 rings (SSSR count). The fraction of sp³-hybridized carbons (Fsp3) is 0.636. The van der Waals surface area contributed by atoms with Crippen molar-refractivity contribution in [3.05, 3.63) is 29.8 Å². The molecule has 1 aliphatic carbocycles. The molecule has 0 spiro atoms. The second-order valence-electron chi connectivity index (χ2n) is 8.25. The van der Waals surface area contributed by atoms with Crippen LogP contribution in [0.4, 0.5) is 0 Å². The van der Waals surface area contributed by atoms with E-state index in [2.05, 4.69) is 10.6 Å². The third-order valence-corrected chi connectivity index (χ3v) is 7.80. The third kappa shape index (κ3) is 6.28. The highest BCUT2D eigenvalue weighted by Gasteiger charge is 2.25. The number of sulfonamides is 1. The predicted octanol–water partition coefficient (Wildman–Crippen LogP) is 2.82. The molecule has 0 atom stereocenters. The van der Waals surface area contributed by atoms with Crippen molar-refractivity contribution < 1.29 is 18.0 Å². The van der Waals surface area contributed by atoms with E-state index in [-0.39, 0.29) is 35.7 Å². The zero-order valence-electron chi connectivity index (χ0n) is 17.6. The maximum Gasteiger partial charge on any atom is 0.251 e. The molecule has 7 nitrogen and oxygen atoms in total. The second-order valence-corrected chi connectivity index (χ2v) is 10.2. The van der Waals surface area contributed by atoms with E-state index in [0.717, 1.165) is 51.4 Å². The van der Waals surface area contributed by atoms with Gasteiger partial charge in [0.05, 0.1) is 4.90 Å². The van der Waals surface area contributed by atoms with Crippen LogP contribution in [0.1, 0.15) is 74.6 Å². The molecule has 166 valence electrons. The number of carbonyl (C=O) groups excluding carboxylic acids is 2. The smallest absolute Gasteiger partial charge is 0.251 e. The van der Waals surface area contributed by atoms with Crippen LogP contribution in [0, 0.1) is 0 Å². The topological polar surface area (TPSA) is 95.6 Å². The molecule has 30 heavy (non-hydrogen) atoms. The third-order valence-electron chi connectivity index (χ3n) is 5.91. The van der Waals surface area contributed by atoms with E-state index in [0.29, 0.717) is 18.7 Å². The largest absolute Gasteiger partial charge is 0.353 e. The van der Waals surface area contributed by atoms with Crippen molar-refractivity contribution in [2.75, 3.05) is 19.6 Å². The Labute approximate surface area is 179 Å². The highest BCUT2D eigenvalue weighted by atomic mass is 32.2. The van der Waals surface area contributed by atoms with E-state index >= 15 is 0 Å². The van der Waals surface area contributed by atoms with Crippen LogP contribution in [0.5, 0.6) is 0 Å². The van der Waals surface area contributed by atoms with Crippen LogP contribution in [0.3, 0.4) is 0 Å². The first-order valence-corrected chi connectivity index (χ1v) is 12.6. The van der Waals surface area contributed by atoms with Gasteiger partial charge in [-0.3, -0.25) is 9.59 Å². The summed E-state index contributed by atoms with van der Waals surface area (Å²) in [7, 11) is -3.60. The van der Waals surface area contributed by atoms with Crippen LogP contribution in [0.25, 0.3) is 0 Å². The van der Waals surface area contributed by atoms with Crippen molar-refractivity contribution in [3.63, 3.8) is 0 Å². The average Bonchev–Trinajstić information content (AvgIpc) is 3.05. The van der Waals surface area contributed by atoms with E-state index in [1.165, 1.54) is 22.9 Å². The SMILES string of the molecule is O=C(CCNC(=O)c1cccc(S(=O)(=O)N2CCCCCC2)c1)NC1CCCCC1. The summed E-state index contributed by atoms with van der Waals surface area (Å²) in [6, 6.07) is 6.41. The van der Waals surface area contributed by atoms with E-state index in [4.69, 9.17) is 0 Å². The van der Waals surface area contributed by atoms with Crippen LogP contribution in [0.15, 0.2) is 29.2 Å². The Balaban J connectivity index is 1.53. The van der Waals surface area contributed by atoms with E-state index in [1.807, 2.05) is 0 Å². The lowest BCUT2D eigenvalue weighted by atomic mass is 9.95. The van der Waals surface area contributed by atoms with Gasteiger partial charge in [0, 0.05) is 37.7 Å². The molecular formula is C22H33N3O4S. The van der Waals surface area contributed by atoms with Crippen molar-refractivity contribution in [2.45, 2.75) is 75.1 Å². The minimum atomic E-state index is -3.60. The summed E-state index contributed by atoms with van der Waals surface area (Å²) in [5.74, 6) is -0.423. The molecule has 2 fully saturated rings. The molecule has 1 saturated carbocycles. The van der Waals surface area contributed by atoms with Gasteiger partial charge in [-0.25, -0.2) is 8.42 Å². The maximum atomic E-state index is 12.9. The van der Waals surface area contributed by atoms with Crippen LogP contribution in [0.2, 0.25) is 0 Å². The van der Waals surface area contributed by atoms with Crippen molar-refractivity contribution >= 4 is 21.8 Å². The lowest BCUT2D eigenvalue weighted by molar-refractivity contribution is -0.121. The number of hydrogen-bond donors (Lipinski definition) is 2. The molecule has 1 saturated heterocycles. The van der Waals surface area contributed by atoms with Gasteiger partial charge in [0.1, 0.15) is 0 Å². The van der Waals surface area contributed by atoms with Gasteiger partial charge in [0.15, 0.2) is 0 Å². The van der Waals surface area contributed by atoms with Crippen LogP contribution < -0.4 is 10.6 Å². The monoisotopic (exact) mass is 435 g/mol. The number of carbonyl (C=O) groups is 2. The van der Waals surface area contributed by atoms with Gasteiger partial charge in [-0.05, 0) is 43.9 Å². The summed E-state index contributed by atoms with van der Waals surface area (Å²) in [4.78, 5) is 24.7. The molecule has 8 heteroatoms. The van der Waals surface area contributed by atoms with E-state index in [9.17, 15) is 18.0 Å². The fourth-order valence-corrected chi connectivity index (χ4v) is 5.73. The van der Waals surface area contributed by atoms with E-state index < -0.39 is 10.0 Å². The fourth-order valence-electron chi connectivity index (χ4n) is 4.17. The van der Waals surface area contributed by atoms with Crippen molar-refractivity contribution in [1.82, 2.24) is 14.9 Å². The summed E-state index contributed by atoms with van der Waals surface area (Å²) in [5, 5.41) is 5.75. The van der Waals surface area contributed by atoms with Gasteiger partial charge in [0.2, 0.25) is 15.9 Å². The number of nitrogens with zero attached hydrogens (tertiary/aromatic N) is 1. The predicted molar refractivity (Wildman–Crippen MR) is 116 cm³/mol. The Hall–Kier alpha value is -1.93. The molecule has 0 bridgehead atoms. The lowest BCUT2D eigenvalue weighted by Crippen LogP contribution is -2.38. The molecule has 2 amide bonds. The van der Waals surface area contributed by atoms with Gasteiger partial charge in [-0.15, -0.1) is 0 Å². The van der Waals surface area contributed by atoms with Crippen LogP contribution in [-0.2, 0) is 14.8 Å². The first-order chi connectivity index (χ1) is 14.5. The van der Waals surface area contributed by atoms with Crippen molar-refractivity contribution in [1.29, 1.82) is 0 Å². The van der Waals surface area contributed by atoms with Gasteiger partial charge >= 0.3 is 0 Å². The summed E-state index contributed by atoms with van der Waals surface area (Å²) in [6.45, 7) is 1.27. The molecule has 1 aromatic rings. The first kappa shape index (κ1) is 22.7. The molecule has 1 aliphatic heterocycles. The number of hydrogen-bond acceptors (Lipinski definition) is 4. The molecule has 0 aromatic heterocycles. The minimum absolute atomic E-state index is 0.0558. The molecule has 1 aromatic carbocycles. The molecule has 0 radical (unpaired) electrons. The molecule has 2 aliphatic rings. The summed E-state index contributed by atoms with van der Waals surface area (Å²) in [5.41, 5.74) is 0.290. The number of nitrogens with one attached hydrogen (secondary N) is 2. The highest BCUT2D eigenvalue weighted by molar-refractivity contribution is 7.89. The second kappa shape index (κ2) is 10.9. The first-order valence-electron chi connectivity index (χ1n) is 11.1. The Bertz CT molecular complexity index is 827. The van der Waals surface area contributed by atoms with Gasteiger partial charge in [-0.1, -0.05) is 38.2 Å². The number of rotatable bonds is 7. The molecule has 2 N–H and O–H groups in total. The normalized spacial score (nSPS) is 19.1. The molecular weight excluding hydrogens is 402 g/mol. The number of amides is 2. The van der Waals surface area contributed by atoms with Gasteiger partial charge in [0.25, 0.3) is 5.91 Å². The van der Waals surface area contributed by atoms with Crippen LogP contribution in [-0.4, -0.2) is 50.2 Å². The highest BCUT2D eigenvalue weighted by Crippen LogP contribution is 2.21. The summed E-state index contributed by atoms with van der Waals surface area (Å²) >= 11 is 0. The quantitative estimate of drug-likeness (QED) is 0.688. The zero-order chi connectivity index (χ0) is 21.4. The van der Waals surface area contributed by atoms with Crippen molar-refractivity contribution in [3.8, 4) is 0 Å². The minimum Gasteiger partial charge on any atom is -0.353 e. The molecule has 1 heterocycles.